The van der Waals surface area contributed by atoms with Crippen LogP contribution in [0, 0.1) is 11.8 Å². The third kappa shape index (κ3) is 4.93. The van der Waals surface area contributed by atoms with Crippen molar-refractivity contribution < 1.29 is 38.2 Å². The van der Waals surface area contributed by atoms with E-state index in [9.17, 15) is 24.0 Å². The minimum atomic E-state index is -1.14. The van der Waals surface area contributed by atoms with Crippen molar-refractivity contribution in [2.45, 2.75) is 39.9 Å². The van der Waals surface area contributed by atoms with Gasteiger partial charge in [0.05, 0.1) is 5.92 Å². The molecule has 1 aliphatic carbocycles. The Hall–Kier alpha value is -2.71. The number of nitrogens with zero attached hydrogens (tertiary/aromatic N) is 1. The minimum Gasteiger partial charge on any atom is -0.462 e. The minimum absolute atomic E-state index is 0.128. The van der Waals surface area contributed by atoms with Gasteiger partial charge in [-0.05, 0) is 11.6 Å². The van der Waals surface area contributed by atoms with Gasteiger partial charge in [-0.2, -0.15) is 0 Å². The maximum atomic E-state index is 12.6. The summed E-state index contributed by atoms with van der Waals surface area (Å²) < 4.78 is 15.5. The normalized spacial score (nSPS) is 23.2. The molecule has 1 amide bonds. The fourth-order valence-corrected chi connectivity index (χ4v) is 3.54. The molecule has 2 aliphatic rings. The van der Waals surface area contributed by atoms with Gasteiger partial charge in [0.2, 0.25) is 5.91 Å². The van der Waals surface area contributed by atoms with Crippen molar-refractivity contribution in [3.05, 3.63) is 11.6 Å². The molecule has 4 atom stereocenters. The number of amides is 1. The van der Waals surface area contributed by atoms with Crippen LogP contribution in [0.15, 0.2) is 11.6 Å². The van der Waals surface area contributed by atoms with E-state index in [2.05, 4.69) is 0 Å². The first kappa shape index (κ1) is 20.6. The second kappa shape index (κ2) is 8.32. The van der Waals surface area contributed by atoms with E-state index < -0.39 is 36.0 Å². The van der Waals surface area contributed by atoms with Crippen LogP contribution in [-0.4, -0.2) is 66.4 Å². The molecule has 1 aliphatic heterocycles. The van der Waals surface area contributed by atoms with Crippen LogP contribution in [0.5, 0.6) is 0 Å². The highest BCUT2D eigenvalue weighted by Gasteiger charge is 2.50. The molecule has 2 rings (SSSR count). The lowest BCUT2D eigenvalue weighted by Crippen LogP contribution is -2.47. The summed E-state index contributed by atoms with van der Waals surface area (Å²) in [7, 11) is 0. The SMILES string of the molecule is CC(=O)OC[C@@H](OC(C)=O)[C@@H](OC(C)=O)[C@@H]1C(=O)C=C2CN(C(C)=O)C[C@H]21. The Kier molecular flexibility index (Phi) is 6.35. The van der Waals surface area contributed by atoms with Crippen molar-refractivity contribution in [2.24, 2.45) is 11.8 Å². The van der Waals surface area contributed by atoms with Crippen molar-refractivity contribution in [2.75, 3.05) is 19.7 Å². The molecule has 0 bridgehead atoms. The lowest BCUT2D eigenvalue weighted by molar-refractivity contribution is -0.179. The zero-order valence-corrected chi connectivity index (χ0v) is 15.7. The van der Waals surface area contributed by atoms with E-state index in [1.54, 1.807) is 4.90 Å². The molecular formula is C18H23NO8. The molecule has 1 heterocycles. The van der Waals surface area contributed by atoms with Gasteiger partial charge in [0.25, 0.3) is 0 Å². The fourth-order valence-electron chi connectivity index (χ4n) is 3.54. The van der Waals surface area contributed by atoms with Gasteiger partial charge in [-0.3, -0.25) is 24.0 Å². The first-order valence-corrected chi connectivity index (χ1v) is 8.57. The molecule has 1 saturated heterocycles. The number of rotatable bonds is 6. The number of hydrogen-bond donors (Lipinski definition) is 0. The van der Waals surface area contributed by atoms with Crippen LogP contribution in [-0.2, 0) is 38.2 Å². The van der Waals surface area contributed by atoms with Crippen LogP contribution >= 0.6 is 0 Å². The molecule has 27 heavy (non-hydrogen) atoms. The highest BCUT2D eigenvalue weighted by molar-refractivity contribution is 5.97. The fraction of sp³-hybridized carbons (Fsp3) is 0.611. The van der Waals surface area contributed by atoms with E-state index in [0.717, 1.165) is 5.57 Å². The first-order chi connectivity index (χ1) is 12.6. The Morgan fingerprint density at radius 3 is 2.22 bits per heavy atom. The summed E-state index contributed by atoms with van der Waals surface area (Å²) in [5.74, 6) is -3.51. The largest absolute Gasteiger partial charge is 0.462 e. The molecule has 0 unspecified atom stereocenters. The Balaban J connectivity index is 2.31. The summed E-state index contributed by atoms with van der Waals surface area (Å²) in [6, 6.07) is 0. The van der Waals surface area contributed by atoms with Gasteiger partial charge in [-0.25, -0.2) is 0 Å². The number of fused-ring (bicyclic) bond motifs is 1. The van der Waals surface area contributed by atoms with Crippen molar-refractivity contribution in [3.8, 4) is 0 Å². The second-order valence-electron chi connectivity index (χ2n) is 6.68. The van der Waals surface area contributed by atoms with Crippen molar-refractivity contribution >= 4 is 29.6 Å². The van der Waals surface area contributed by atoms with Gasteiger partial charge in [0.15, 0.2) is 18.0 Å². The van der Waals surface area contributed by atoms with Crippen LogP contribution in [0.4, 0.5) is 0 Å². The van der Waals surface area contributed by atoms with Crippen LogP contribution in [0.2, 0.25) is 0 Å². The van der Waals surface area contributed by atoms with Gasteiger partial charge >= 0.3 is 17.9 Å². The van der Waals surface area contributed by atoms with E-state index in [-0.39, 0.29) is 24.2 Å². The summed E-state index contributed by atoms with van der Waals surface area (Å²) in [5.41, 5.74) is 0.770. The van der Waals surface area contributed by atoms with Gasteiger partial charge < -0.3 is 19.1 Å². The smallest absolute Gasteiger partial charge is 0.303 e. The number of allylic oxidation sites excluding steroid dienone is 1. The van der Waals surface area contributed by atoms with E-state index >= 15 is 0 Å². The van der Waals surface area contributed by atoms with E-state index in [1.807, 2.05) is 0 Å². The molecule has 9 heteroatoms. The molecule has 1 fully saturated rings. The van der Waals surface area contributed by atoms with E-state index in [1.165, 1.54) is 33.8 Å². The number of ether oxygens (including phenoxy) is 3. The van der Waals surface area contributed by atoms with Crippen molar-refractivity contribution in [1.29, 1.82) is 0 Å². The van der Waals surface area contributed by atoms with E-state index in [0.29, 0.717) is 13.1 Å². The Labute approximate surface area is 156 Å². The Morgan fingerprint density at radius 1 is 1.07 bits per heavy atom. The van der Waals surface area contributed by atoms with Crippen LogP contribution in [0.3, 0.4) is 0 Å². The lowest BCUT2D eigenvalue weighted by Gasteiger charge is -2.32. The maximum absolute atomic E-state index is 12.6. The molecule has 0 saturated carbocycles. The zero-order chi connectivity index (χ0) is 20.3. The molecule has 0 N–H and O–H groups in total. The number of likely N-dealkylation sites (tertiary alicyclic amines) is 1. The summed E-state index contributed by atoms with van der Waals surface area (Å²) in [6.45, 7) is 5.24. The quantitative estimate of drug-likeness (QED) is 0.467. The summed E-state index contributed by atoms with van der Waals surface area (Å²) >= 11 is 0. The highest BCUT2D eigenvalue weighted by Crippen LogP contribution is 2.39. The lowest BCUT2D eigenvalue weighted by atomic mass is 9.85. The molecule has 9 nitrogen and oxygen atoms in total. The number of ketones is 1. The predicted molar refractivity (Wildman–Crippen MR) is 90.1 cm³/mol. The number of esters is 3. The summed E-state index contributed by atoms with van der Waals surface area (Å²) in [5, 5.41) is 0. The molecule has 0 aromatic heterocycles. The molecular weight excluding hydrogens is 358 g/mol. The maximum Gasteiger partial charge on any atom is 0.303 e. The van der Waals surface area contributed by atoms with E-state index in [4.69, 9.17) is 14.2 Å². The molecule has 0 aromatic rings. The standard InChI is InChI=1S/C18H23NO8/c1-9(20)19-6-13-5-15(24)17(14(13)7-19)18(27-12(4)23)16(26-11(3)22)8-25-10(2)21/h5,14,16-18H,6-8H2,1-4H3/t14-,16-,17+,18-/m1/s1. The van der Waals surface area contributed by atoms with Crippen LogP contribution in [0.25, 0.3) is 0 Å². The number of carbonyl (C=O) groups is 5. The van der Waals surface area contributed by atoms with Gasteiger partial charge in [0, 0.05) is 46.7 Å². The van der Waals surface area contributed by atoms with Gasteiger partial charge in [-0.15, -0.1) is 0 Å². The third-order valence-electron chi connectivity index (χ3n) is 4.59. The van der Waals surface area contributed by atoms with Crippen LogP contribution < -0.4 is 0 Å². The van der Waals surface area contributed by atoms with Crippen LogP contribution in [0.1, 0.15) is 27.7 Å². The second-order valence-corrected chi connectivity index (χ2v) is 6.68. The molecule has 148 valence electrons. The topological polar surface area (TPSA) is 116 Å². The molecule has 0 aromatic carbocycles. The first-order valence-electron chi connectivity index (χ1n) is 8.57. The van der Waals surface area contributed by atoms with Gasteiger partial charge in [-0.1, -0.05) is 0 Å². The number of hydrogen-bond acceptors (Lipinski definition) is 8. The average molecular weight is 381 g/mol. The monoisotopic (exact) mass is 381 g/mol. The molecule has 0 radical (unpaired) electrons. The van der Waals surface area contributed by atoms with Crippen molar-refractivity contribution in [3.63, 3.8) is 0 Å². The van der Waals surface area contributed by atoms with Gasteiger partial charge in [0.1, 0.15) is 6.61 Å². The number of carbonyl (C=O) groups excluding carboxylic acids is 5. The summed E-state index contributed by atoms with van der Waals surface area (Å²) in [4.78, 5) is 60.2. The molecule has 0 spiro atoms. The summed E-state index contributed by atoms with van der Waals surface area (Å²) in [6.07, 6.45) is -0.821. The predicted octanol–water partition coefficient (Wildman–Crippen LogP) is 0.0165. The van der Waals surface area contributed by atoms with Crippen molar-refractivity contribution in [1.82, 2.24) is 4.90 Å². The Morgan fingerprint density at radius 2 is 1.70 bits per heavy atom. The zero-order valence-electron chi connectivity index (χ0n) is 15.7. The Bertz CT molecular complexity index is 697. The highest BCUT2D eigenvalue weighted by atomic mass is 16.6. The average Bonchev–Trinajstić information content (AvgIpc) is 3.05. The third-order valence-corrected chi connectivity index (χ3v) is 4.59.